The summed E-state index contributed by atoms with van der Waals surface area (Å²) in [4.78, 5) is 18.4. The van der Waals surface area contributed by atoms with Crippen molar-refractivity contribution >= 4 is 17.5 Å². The van der Waals surface area contributed by atoms with Crippen molar-refractivity contribution in [2.45, 2.75) is 46.0 Å². The predicted octanol–water partition coefficient (Wildman–Crippen LogP) is 2.77. The van der Waals surface area contributed by atoms with Crippen molar-refractivity contribution in [2.24, 2.45) is 0 Å². The van der Waals surface area contributed by atoms with Gasteiger partial charge in [-0.2, -0.15) is 0 Å². The van der Waals surface area contributed by atoms with Crippen molar-refractivity contribution in [3.05, 3.63) is 22.8 Å². The fourth-order valence-electron chi connectivity index (χ4n) is 2.38. The Balaban J connectivity index is 2.14. The van der Waals surface area contributed by atoms with E-state index < -0.39 is 0 Å². The molecule has 21 heavy (non-hydrogen) atoms. The highest BCUT2D eigenvalue weighted by atomic mass is 35.5. The van der Waals surface area contributed by atoms with Gasteiger partial charge in [0.2, 0.25) is 5.88 Å². The standard InChI is InChI=1S/C15H21ClN2O3/c1-9(2)20-14-13(16)5-12(6-17-14)15(19)18-7-10(3)21-11(4)8-18/h5-6,9-11H,7-8H2,1-4H3/t10-,11-/m0/s1. The van der Waals surface area contributed by atoms with Gasteiger partial charge in [-0.05, 0) is 33.8 Å². The van der Waals surface area contributed by atoms with Crippen LogP contribution in [0.25, 0.3) is 0 Å². The van der Waals surface area contributed by atoms with Crippen LogP contribution in [0.15, 0.2) is 12.3 Å². The highest BCUT2D eigenvalue weighted by Crippen LogP contribution is 2.24. The van der Waals surface area contributed by atoms with E-state index in [1.54, 1.807) is 11.0 Å². The molecule has 0 aromatic carbocycles. The maximum atomic E-state index is 12.5. The van der Waals surface area contributed by atoms with Crippen molar-refractivity contribution in [1.29, 1.82) is 0 Å². The second kappa shape index (κ2) is 6.62. The highest BCUT2D eigenvalue weighted by molar-refractivity contribution is 6.32. The first-order valence-electron chi connectivity index (χ1n) is 7.13. The molecule has 6 heteroatoms. The monoisotopic (exact) mass is 312 g/mol. The van der Waals surface area contributed by atoms with Gasteiger partial charge in [-0.1, -0.05) is 11.6 Å². The third-order valence-electron chi connectivity index (χ3n) is 3.11. The van der Waals surface area contributed by atoms with Crippen LogP contribution >= 0.6 is 11.6 Å². The summed E-state index contributed by atoms with van der Waals surface area (Å²) in [5.74, 6) is 0.273. The summed E-state index contributed by atoms with van der Waals surface area (Å²) in [6, 6.07) is 1.61. The van der Waals surface area contributed by atoms with Gasteiger partial charge in [0, 0.05) is 19.3 Å². The second-order valence-corrected chi connectivity index (χ2v) is 6.05. The summed E-state index contributed by atoms with van der Waals surface area (Å²) in [6.07, 6.45) is 1.56. The number of ether oxygens (including phenoxy) is 2. The molecule has 2 atom stereocenters. The van der Waals surface area contributed by atoms with Gasteiger partial charge in [-0.3, -0.25) is 4.79 Å². The number of hydrogen-bond donors (Lipinski definition) is 0. The van der Waals surface area contributed by atoms with Gasteiger partial charge in [0.15, 0.2) is 0 Å². The maximum absolute atomic E-state index is 12.5. The molecular formula is C15H21ClN2O3. The van der Waals surface area contributed by atoms with Crippen LogP contribution in [0.2, 0.25) is 5.02 Å². The normalized spacial score (nSPS) is 22.5. The van der Waals surface area contributed by atoms with Gasteiger partial charge in [-0.25, -0.2) is 4.98 Å². The lowest BCUT2D eigenvalue weighted by molar-refractivity contribution is -0.0586. The number of halogens is 1. The third kappa shape index (κ3) is 4.08. The minimum Gasteiger partial charge on any atom is -0.474 e. The molecule has 0 aliphatic carbocycles. The molecular weight excluding hydrogens is 292 g/mol. The largest absolute Gasteiger partial charge is 0.474 e. The smallest absolute Gasteiger partial charge is 0.255 e. The summed E-state index contributed by atoms with van der Waals surface area (Å²) in [6.45, 7) is 8.86. The van der Waals surface area contributed by atoms with Crippen LogP contribution < -0.4 is 4.74 Å². The van der Waals surface area contributed by atoms with Crippen molar-refractivity contribution in [1.82, 2.24) is 9.88 Å². The van der Waals surface area contributed by atoms with Crippen molar-refractivity contribution in [3.8, 4) is 5.88 Å². The molecule has 1 aromatic rings. The van der Waals surface area contributed by atoms with Gasteiger partial charge in [0.05, 0.1) is 23.9 Å². The number of amides is 1. The Morgan fingerprint density at radius 2 is 2.05 bits per heavy atom. The average Bonchev–Trinajstić information content (AvgIpc) is 2.38. The van der Waals surface area contributed by atoms with E-state index in [2.05, 4.69) is 4.98 Å². The molecule has 0 N–H and O–H groups in total. The number of carbonyl (C=O) groups is 1. The zero-order valence-electron chi connectivity index (χ0n) is 12.8. The minimum absolute atomic E-state index is 0.0162. The molecule has 1 amide bonds. The first-order chi connectivity index (χ1) is 9.86. The molecule has 1 aliphatic heterocycles. The van der Waals surface area contributed by atoms with E-state index in [1.165, 1.54) is 6.20 Å². The van der Waals surface area contributed by atoms with Crippen LogP contribution in [0, 0.1) is 0 Å². The first kappa shape index (κ1) is 16.0. The first-order valence-corrected chi connectivity index (χ1v) is 7.51. The van der Waals surface area contributed by atoms with E-state index in [0.717, 1.165) is 0 Å². The fourth-order valence-corrected chi connectivity index (χ4v) is 2.59. The van der Waals surface area contributed by atoms with E-state index >= 15 is 0 Å². The van der Waals surface area contributed by atoms with Gasteiger partial charge >= 0.3 is 0 Å². The summed E-state index contributed by atoms with van der Waals surface area (Å²) in [5, 5.41) is 0.351. The van der Waals surface area contributed by atoms with E-state index in [9.17, 15) is 4.79 Å². The lowest BCUT2D eigenvalue weighted by Gasteiger charge is -2.35. The summed E-state index contributed by atoms with van der Waals surface area (Å²) in [5.41, 5.74) is 0.470. The number of hydrogen-bond acceptors (Lipinski definition) is 4. The average molecular weight is 313 g/mol. The van der Waals surface area contributed by atoms with Crippen LogP contribution in [0.4, 0.5) is 0 Å². The minimum atomic E-state index is -0.0810. The SMILES string of the molecule is CC(C)Oc1ncc(C(=O)N2C[C@H](C)O[C@@H](C)C2)cc1Cl. The molecule has 1 fully saturated rings. The van der Waals surface area contributed by atoms with Gasteiger partial charge < -0.3 is 14.4 Å². The van der Waals surface area contributed by atoms with E-state index in [4.69, 9.17) is 21.1 Å². The van der Waals surface area contributed by atoms with Crippen LogP contribution in [0.3, 0.4) is 0 Å². The number of pyridine rings is 1. The van der Waals surface area contributed by atoms with Gasteiger partial charge in [0.1, 0.15) is 5.02 Å². The molecule has 0 unspecified atom stereocenters. The van der Waals surface area contributed by atoms with E-state index in [0.29, 0.717) is 29.6 Å². The Morgan fingerprint density at radius 3 is 2.57 bits per heavy atom. The predicted molar refractivity (Wildman–Crippen MR) is 80.9 cm³/mol. The molecule has 5 nitrogen and oxygen atoms in total. The molecule has 0 saturated carbocycles. The fraction of sp³-hybridized carbons (Fsp3) is 0.600. The number of rotatable bonds is 3. The number of carbonyl (C=O) groups excluding carboxylic acids is 1. The van der Waals surface area contributed by atoms with Crippen molar-refractivity contribution in [2.75, 3.05) is 13.1 Å². The zero-order chi connectivity index (χ0) is 15.6. The molecule has 0 radical (unpaired) electrons. The van der Waals surface area contributed by atoms with Gasteiger partial charge in [-0.15, -0.1) is 0 Å². The number of aromatic nitrogens is 1. The number of morpholine rings is 1. The third-order valence-corrected chi connectivity index (χ3v) is 3.38. The van der Waals surface area contributed by atoms with Crippen LogP contribution in [0.5, 0.6) is 5.88 Å². The van der Waals surface area contributed by atoms with E-state index in [1.807, 2.05) is 27.7 Å². The molecule has 2 rings (SSSR count). The Kier molecular flexibility index (Phi) is 5.06. The molecule has 0 spiro atoms. The molecule has 1 aromatic heterocycles. The van der Waals surface area contributed by atoms with Gasteiger partial charge in [0.25, 0.3) is 5.91 Å². The Hall–Kier alpha value is -1.33. The van der Waals surface area contributed by atoms with Crippen LogP contribution in [-0.4, -0.2) is 47.2 Å². The lowest BCUT2D eigenvalue weighted by Crippen LogP contribution is -2.48. The lowest BCUT2D eigenvalue weighted by atomic mass is 10.2. The van der Waals surface area contributed by atoms with Crippen LogP contribution in [0.1, 0.15) is 38.1 Å². The summed E-state index contributed by atoms with van der Waals surface area (Å²) < 4.78 is 11.1. The summed E-state index contributed by atoms with van der Waals surface area (Å²) in [7, 11) is 0. The molecule has 116 valence electrons. The van der Waals surface area contributed by atoms with Crippen LogP contribution in [-0.2, 0) is 4.74 Å². The highest BCUT2D eigenvalue weighted by Gasteiger charge is 2.27. The number of nitrogens with zero attached hydrogens (tertiary/aromatic N) is 2. The van der Waals surface area contributed by atoms with E-state index in [-0.39, 0.29) is 24.2 Å². The molecule has 1 saturated heterocycles. The Bertz CT molecular complexity index is 512. The van der Waals surface area contributed by atoms with Crippen molar-refractivity contribution in [3.63, 3.8) is 0 Å². The molecule has 2 heterocycles. The summed E-state index contributed by atoms with van der Waals surface area (Å²) >= 11 is 6.13. The quantitative estimate of drug-likeness (QED) is 0.861. The molecule has 1 aliphatic rings. The Labute approximate surface area is 130 Å². The second-order valence-electron chi connectivity index (χ2n) is 5.65. The topological polar surface area (TPSA) is 51.7 Å². The molecule has 0 bridgehead atoms. The van der Waals surface area contributed by atoms with Crippen molar-refractivity contribution < 1.29 is 14.3 Å². The Morgan fingerprint density at radius 1 is 1.43 bits per heavy atom. The zero-order valence-corrected chi connectivity index (χ0v) is 13.6. The maximum Gasteiger partial charge on any atom is 0.255 e.